The summed E-state index contributed by atoms with van der Waals surface area (Å²) in [4.78, 5) is 33.5. The fourth-order valence-electron chi connectivity index (χ4n) is 1.21. The maximum Gasteiger partial charge on any atom is 0.326 e. The SMILES string of the molecule is NC(=O)CCC(NC(=O)c1ccc(Cl)s1)C(=O)O. The van der Waals surface area contributed by atoms with Crippen LogP contribution in [-0.4, -0.2) is 28.9 Å². The van der Waals surface area contributed by atoms with Crippen molar-refractivity contribution in [3.05, 3.63) is 21.3 Å². The highest BCUT2D eigenvalue weighted by Gasteiger charge is 2.21. The van der Waals surface area contributed by atoms with Crippen LogP contribution in [0.1, 0.15) is 22.5 Å². The Hall–Kier alpha value is -1.60. The maximum absolute atomic E-state index is 11.7. The summed E-state index contributed by atoms with van der Waals surface area (Å²) in [7, 11) is 0. The van der Waals surface area contributed by atoms with Crippen LogP contribution in [0, 0.1) is 0 Å². The molecule has 2 amide bonds. The topological polar surface area (TPSA) is 109 Å². The van der Waals surface area contributed by atoms with Gasteiger partial charge in [0.05, 0.1) is 9.21 Å². The zero-order chi connectivity index (χ0) is 13.7. The second kappa shape index (κ2) is 6.36. The zero-order valence-corrected chi connectivity index (χ0v) is 10.8. The monoisotopic (exact) mass is 290 g/mol. The summed E-state index contributed by atoms with van der Waals surface area (Å²) in [5.41, 5.74) is 4.93. The van der Waals surface area contributed by atoms with E-state index in [0.717, 1.165) is 11.3 Å². The Kier molecular flexibility index (Phi) is 5.11. The third kappa shape index (κ3) is 4.34. The molecule has 0 aliphatic carbocycles. The summed E-state index contributed by atoms with van der Waals surface area (Å²) in [6.07, 6.45) is -0.155. The number of thiophene rings is 1. The van der Waals surface area contributed by atoms with Crippen molar-refractivity contribution in [2.75, 3.05) is 0 Å². The van der Waals surface area contributed by atoms with E-state index in [9.17, 15) is 14.4 Å². The van der Waals surface area contributed by atoms with Crippen molar-refractivity contribution >= 4 is 40.7 Å². The quantitative estimate of drug-likeness (QED) is 0.721. The number of rotatable bonds is 6. The van der Waals surface area contributed by atoms with E-state index < -0.39 is 23.8 Å². The summed E-state index contributed by atoms with van der Waals surface area (Å²) in [6.45, 7) is 0. The summed E-state index contributed by atoms with van der Waals surface area (Å²) < 4.78 is 0.434. The van der Waals surface area contributed by atoms with Gasteiger partial charge in [0.2, 0.25) is 5.91 Å². The van der Waals surface area contributed by atoms with Gasteiger partial charge in [0.15, 0.2) is 0 Å². The van der Waals surface area contributed by atoms with Crippen LogP contribution in [-0.2, 0) is 9.59 Å². The molecule has 0 spiro atoms. The van der Waals surface area contributed by atoms with E-state index in [4.69, 9.17) is 22.4 Å². The molecule has 1 atom stereocenters. The molecule has 0 fully saturated rings. The molecule has 0 bridgehead atoms. The number of halogens is 1. The minimum atomic E-state index is -1.22. The fourth-order valence-corrected chi connectivity index (χ4v) is 2.16. The summed E-state index contributed by atoms with van der Waals surface area (Å²) >= 11 is 6.71. The predicted molar refractivity (Wildman–Crippen MR) is 66.6 cm³/mol. The molecular formula is C10H11ClN2O4S. The molecule has 1 heterocycles. The number of carboxylic acids is 1. The highest BCUT2D eigenvalue weighted by molar-refractivity contribution is 7.18. The Bertz CT molecular complexity index is 474. The highest BCUT2D eigenvalue weighted by atomic mass is 35.5. The third-order valence-electron chi connectivity index (χ3n) is 2.08. The van der Waals surface area contributed by atoms with Gasteiger partial charge in [0.1, 0.15) is 6.04 Å². The minimum Gasteiger partial charge on any atom is -0.480 e. The van der Waals surface area contributed by atoms with Gasteiger partial charge >= 0.3 is 5.97 Å². The second-order valence-corrected chi connectivity index (χ2v) is 5.19. The molecule has 0 aliphatic rings. The molecule has 8 heteroatoms. The van der Waals surface area contributed by atoms with Crippen molar-refractivity contribution in [1.29, 1.82) is 0 Å². The molecule has 4 N–H and O–H groups in total. The Labute approximate surface area is 112 Å². The van der Waals surface area contributed by atoms with Gasteiger partial charge in [-0.25, -0.2) is 4.79 Å². The average molecular weight is 291 g/mol. The van der Waals surface area contributed by atoms with E-state index in [1.54, 1.807) is 6.07 Å². The van der Waals surface area contributed by atoms with Crippen molar-refractivity contribution in [2.24, 2.45) is 5.73 Å². The van der Waals surface area contributed by atoms with E-state index in [2.05, 4.69) is 5.32 Å². The number of amides is 2. The number of primary amides is 1. The Morgan fingerprint density at radius 3 is 2.56 bits per heavy atom. The van der Waals surface area contributed by atoms with Crippen LogP contribution in [0.5, 0.6) is 0 Å². The van der Waals surface area contributed by atoms with Crippen LogP contribution in [0.3, 0.4) is 0 Å². The van der Waals surface area contributed by atoms with Crippen molar-refractivity contribution < 1.29 is 19.5 Å². The van der Waals surface area contributed by atoms with Crippen LogP contribution in [0.2, 0.25) is 4.34 Å². The number of carboxylic acid groups (broad SMARTS) is 1. The lowest BCUT2D eigenvalue weighted by molar-refractivity contribution is -0.139. The van der Waals surface area contributed by atoms with Gasteiger partial charge in [-0.3, -0.25) is 9.59 Å². The largest absolute Gasteiger partial charge is 0.480 e. The van der Waals surface area contributed by atoms with Crippen molar-refractivity contribution in [3.8, 4) is 0 Å². The van der Waals surface area contributed by atoms with Gasteiger partial charge in [0.25, 0.3) is 5.91 Å². The first-order valence-corrected chi connectivity index (χ1v) is 6.17. The summed E-state index contributed by atoms with van der Waals surface area (Å²) in [5, 5.41) is 11.2. The molecule has 1 aromatic heterocycles. The third-order valence-corrected chi connectivity index (χ3v) is 3.31. The molecule has 1 rings (SSSR count). The second-order valence-electron chi connectivity index (χ2n) is 3.47. The molecule has 1 unspecified atom stereocenters. The van der Waals surface area contributed by atoms with Crippen molar-refractivity contribution in [1.82, 2.24) is 5.32 Å². The van der Waals surface area contributed by atoms with Gasteiger partial charge in [0, 0.05) is 6.42 Å². The fraction of sp³-hybridized carbons (Fsp3) is 0.300. The number of nitrogens with two attached hydrogens (primary N) is 1. The van der Waals surface area contributed by atoms with Gasteiger partial charge in [-0.1, -0.05) is 11.6 Å². The number of aliphatic carboxylic acids is 1. The molecular weight excluding hydrogens is 280 g/mol. The predicted octanol–water partition coefficient (Wildman–Crippen LogP) is 0.850. The van der Waals surface area contributed by atoms with E-state index in [0.29, 0.717) is 9.21 Å². The van der Waals surface area contributed by atoms with E-state index in [-0.39, 0.29) is 12.8 Å². The summed E-state index contributed by atoms with van der Waals surface area (Å²) in [5.74, 6) is -2.37. The van der Waals surface area contributed by atoms with E-state index in [1.165, 1.54) is 6.07 Å². The number of nitrogens with one attached hydrogen (secondary N) is 1. The van der Waals surface area contributed by atoms with E-state index in [1.807, 2.05) is 0 Å². The van der Waals surface area contributed by atoms with Crippen LogP contribution in [0.4, 0.5) is 0 Å². The summed E-state index contributed by atoms with van der Waals surface area (Å²) in [6, 6.07) is 1.89. The van der Waals surface area contributed by atoms with Crippen LogP contribution in [0.15, 0.2) is 12.1 Å². The van der Waals surface area contributed by atoms with Crippen LogP contribution < -0.4 is 11.1 Å². The Morgan fingerprint density at radius 2 is 2.11 bits per heavy atom. The van der Waals surface area contributed by atoms with Crippen LogP contribution in [0.25, 0.3) is 0 Å². The molecule has 0 radical (unpaired) electrons. The van der Waals surface area contributed by atoms with Gasteiger partial charge in [-0.15, -0.1) is 11.3 Å². The van der Waals surface area contributed by atoms with Gasteiger partial charge in [-0.2, -0.15) is 0 Å². The highest BCUT2D eigenvalue weighted by Crippen LogP contribution is 2.21. The molecule has 18 heavy (non-hydrogen) atoms. The molecule has 6 nitrogen and oxygen atoms in total. The first-order valence-electron chi connectivity index (χ1n) is 4.97. The molecule has 98 valence electrons. The van der Waals surface area contributed by atoms with Gasteiger partial charge in [-0.05, 0) is 18.6 Å². The smallest absolute Gasteiger partial charge is 0.326 e. The number of carbonyl (C=O) groups excluding carboxylic acids is 2. The molecule has 0 aliphatic heterocycles. The molecule has 0 aromatic carbocycles. The first kappa shape index (κ1) is 14.5. The number of hydrogen-bond acceptors (Lipinski definition) is 4. The zero-order valence-electron chi connectivity index (χ0n) is 9.18. The standard InChI is InChI=1S/C10H11ClN2O4S/c11-7-3-2-6(18-7)9(15)13-5(10(16)17)1-4-8(12)14/h2-3,5H,1,4H2,(H2,12,14)(H,13,15)(H,16,17). The first-order chi connectivity index (χ1) is 8.40. The van der Waals surface area contributed by atoms with E-state index >= 15 is 0 Å². The molecule has 0 saturated heterocycles. The maximum atomic E-state index is 11.7. The van der Waals surface area contributed by atoms with Crippen LogP contribution >= 0.6 is 22.9 Å². The number of hydrogen-bond donors (Lipinski definition) is 3. The Balaban J connectivity index is 2.63. The Morgan fingerprint density at radius 1 is 1.44 bits per heavy atom. The van der Waals surface area contributed by atoms with Crippen molar-refractivity contribution in [2.45, 2.75) is 18.9 Å². The molecule has 0 saturated carbocycles. The number of carbonyl (C=O) groups is 3. The normalized spacial score (nSPS) is 11.8. The molecule has 1 aromatic rings. The van der Waals surface area contributed by atoms with Crippen molar-refractivity contribution in [3.63, 3.8) is 0 Å². The van der Waals surface area contributed by atoms with Gasteiger partial charge < -0.3 is 16.2 Å². The lowest BCUT2D eigenvalue weighted by Gasteiger charge is -2.12. The lowest BCUT2D eigenvalue weighted by atomic mass is 10.1. The average Bonchev–Trinajstić information content (AvgIpc) is 2.70. The lowest BCUT2D eigenvalue weighted by Crippen LogP contribution is -2.41. The minimum absolute atomic E-state index is 0.0461.